The van der Waals surface area contributed by atoms with E-state index in [1.165, 1.54) is 0 Å². The van der Waals surface area contributed by atoms with Gasteiger partial charge >= 0.3 is 17.9 Å². The second kappa shape index (κ2) is 47.3. The van der Waals surface area contributed by atoms with Crippen molar-refractivity contribution in [3.8, 4) is 0 Å². The number of imide groups is 3. The zero-order valence-electron chi connectivity index (χ0n) is 48.4. The lowest BCUT2D eigenvalue weighted by Gasteiger charge is -2.18. The van der Waals surface area contributed by atoms with E-state index in [9.17, 15) is 57.5 Å². The monoisotopic (exact) mass is 1220 g/mol. The SMILES string of the molecule is O=C(CCCOCCOCCOCCC(=O)ON1C(=O)CCC1=O)CCOCC(COCCC(=O)CCCOCCOCCOCCC(=O)ON1C(=O)CCC1=O)COCCC(=O)NCCOCCOCCOCCC(=O)ON1C(=O)CCC1=O. The number of rotatable bonds is 56. The van der Waals surface area contributed by atoms with Gasteiger partial charge in [0, 0.05) is 96.3 Å². The first-order chi connectivity index (χ1) is 41.2. The van der Waals surface area contributed by atoms with Gasteiger partial charge in [-0.25, -0.2) is 14.4 Å². The van der Waals surface area contributed by atoms with Crippen LogP contribution in [0.5, 0.6) is 0 Å². The summed E-state index contributed by atoms with van der Waals surface area (Å²) in [6, 6.07) is 0. The molecule has 1 N–H and O–H groups in total. The number of hydrogen-bond donors (Lipinski definition) is 1. The molecule has 31 nitrogen and oxygen atoms in total. The molecule has 3 heterocycles. The Morgan fingerprint density at radius 2 is 0.565 bits per heavy atom. The molecule has 482 valence electrons. The van der Waals surface area contributed by atoms with E-state index in [4.69, 9.17) is 71.4 Å². The second-order valence-electron chi connectivity index (χ2n) is 18.9. The summed E-state index contributed by atoms with van der Waals surface area (Å²) in [6.07, 6.45) is 1.74. The van der Waals surface area contributed by atoms with Crippen molar-refractivity contribution >= 4 is 70.8 Å². The van der Waals surface area contributed by atoms with Crippen LogP contribution in [0.4, 0.5) is 0 Å². The zero-order chi connectivity index (χ0) is 61.5. The predicted molar refractivity (Wildman–Crippen MR) is 284 cm³/mol. The molecule has 0 spiro atoms. The maximum absolute atomic E-state index is 12.5. The van der Waals surface area contributed by atoms with Crippen LogP contribution in [0.2, 0.25) is 0 Å². The fourth-order valence-corrected chi connectivity index (χ4v) is 7.28. The van der Waals surface area contributed by atoms with Crippen molar-refractivity contribution < 1.29 is 129 Å². The number of ketones is 2. The van der Waals surface area contributed by atoms with Gasteiger partial charge in [0.2, 0.25) is 5.91 Å². The first-order valence-corrected chi connectivity index (χ1v) is 28.7. The van der Waals surface area contributed by atoms with Gasteiger partial charge in [-0.2, -0.15) is 0 Å². The highest BCUT2D eigenvalue weighted by Crippen LogP contribution is 2.15. The number of hydrogen-bond acceptors (Lipinski definition) is 27. The number of carbonyl (C=O) groups excluding carboxylic acids is 12. The molecule has 3 fully saturated rings. The number of Topliss-reactive ketones (excluding diaryl/α,β-unsaturated/α-hetero) is 2. The molecule has 0 aromatic rings. The Kier molecular flexibility index (Phi) is 40.9. The van der Waals surface area contributed by atoms with E-state index in [0.29, 0.717) is 80.5 Å². The summed E-state index contributed by atoms with van der Waals surface area (Å²) in [5.74, 6) is -6.08. The Bertz CT molecular complexity index is 1790. The highest BCUT2D eigenvalue weighted by atomic mass is 16.7. The second-order valence-corrected chi connectivity index (χ2v) is 18.9. The van der Waals surface area contributed by atoms with E-state index in [1.54, 1.807) is 0 Å². The molecule has 0 unspecified atom stereocenters. The fourth-order valence-electron chi connectivity index (χ4n) is 7.28. The lowest BCUT2D eigenvalue weighted by atomic mass is 10.1. The van der Waals surface area contributed by atoms with Gasteiger partial charge in [-0.3, -0.25) is 43.2 Å². The minimum absolute atomic E-state index is 0.00156. The molecule has 0 bridgehead atoms. The molecule has 7 amide bonds. The lowest BCUT2D eigenvalue weighted by molar-refractivity contribution is -0.198. The van der Waals surface area contributed by atoms with Gasteiger partial charge in [-0.05, 0) is 12.8 Å². The number of nitrogens with zero attached hydrogens (tertiary/aromatic N) is 3. The van der Waals surface area contributed by atoms with Gasteiger partial charge in [0.15, 0.2) is 0 Å². The number of ether oxygens (including phenoxy) is 12. The first kappa shape index (κ1) is 73.4. The normalized spacial score (nSPS) is 14.4. The highest BCUT2D eigenvalue weighted by molar-refractivity contribution is 6.03. The maximum atomic E-state index is 12.5. The molecular formula is C54H84N4O27. The maximum Gasteiger partial charge on any atom is 0.335 e. The molecule has 0 aliphatic carbocycles. The molecule has 0 aromatic heterocycles. The summed E-state index contributed by atoms with van der Waals surface area (Å²) in [4.78, 5) is 156. The van der Waals surface area contributed by atoms with E-state index in [2.05, 4.69) is 5.32 Å². The Balaban J connectivity index is 1.19. The number of amides is 7. The van der Waals surface area contributed by atoms with Crippen LogP contribution < -0.4 is 5.32 Å². The molecule has 3 aliphatic rings. The van der Waals surface area contributed by atoms with E-state index < -0.39 is 53.4 Å². The van der Waals surface area contributed by atoms with Gasteiger partial charge in [-0.15, -0.1) is 15.2 Å². The van der Waals surface area contributed by atoms with Crippen molar-refractivity contribution in [3.63, 3.8) is 0 Å². The topological polar surface area (TPSA) is 365 Å². The lowest BCUT2D eigenvalue weighted by Crippen LogP contribution is -2.32. The van der Waals surface area contributed by atoms with Crippen LogP contribution in [-0.2, 0) is 129 Å². The third-order valence-corrected chi connectivity index (χ3v) is 11.8. The quantitative estimate of drug-likeness (QED) is 0.0607. The van der Waals surface area contributed by atoms with Crippen LogP contribution in [-0.4, -0.2) is 251 Å². The molecule has 3 aliphatic heterocycles. The summed E-state index contributed by atoms with van der Waals surface area (Å²) in [6.45, 7) is 5.42. The largest absolute Gasteiger partial charge is 0.381 e. The minimum atomic E-state index is -0.753. The summed E-state index contributed by atoms with van der Waals surface area (Å²) in [5, 5.41) is 4.21. The van der Waals surface area contributed by atoms with Crippen LogP contribution in [0.1, 0.15) is 103 Å². The molecule has 3 saturated heterocycles. The van der Waals surface area contributed by atoms with E-state index >= 15 is 0 Å². The van der Waals surface area contributed by atoms with E-state index in [1.807, 2.05) is 0 Å². The van der Waals surface area contributed by atoms with Crippen molar-refractivity contribution in [3.05, 3.63) is 0 Å². The van der Waals surface area contributed by atoms with E-state index in [0.717, 1.165) is 0 Å². The Morgan fingerprint density at radius 3 is 0.882 bits per heavy atom. The average Bonchev–Trinajstić information content (AvgIpc) is 4.35. The molecule has 85 heavy (non-hydrogen) atoms. The van der Waals surface area contributed by atoms with Crippen molar-refractivity contribution in [1.82, 2.24) is 20.5 Å². The highest BCUT2D eigenvalue weighted by Gasteiger charge is 2.35. The molecule has 0 aromatic carbocycles. The third-order valence-electron chi connectivity index (χ3n) is 11.8. The van der Waals surface area contributed by atoms with Gasteiger partial charge in [0.1, 0.15) is 11.6 Å². The molecule has 0 saturated carbocycles. The molecule has 3 rings (SSSR count). The fraction of sp³-hybridized carbons (Fsp3) is 0.778. The standard InChI is InChI=1S/C54H84N4O27/c59-43(3-1-18-71-27-33-77-35-29-73-23-14-52(68)83-56-46(62)5-6-47(56)63)11-20-80-39-42(40-81-21-12-44(60)4-2-19-72-28-34-78-36-30-74-24-15-53(69)84-57-48(64)7-8-49(57)65)41-82-22-13-45(61)55-17-26-76-32-38-79-37-31-75-25-16-54(70)85-58-50(66)9-10-51(58)67/h42H,1-41H2,(H,55,61). The first-order valence-electron chi connectivity index (χ1n) is 28.7. The Morgan fingerprint density at radius 1 is 0.306 bits per heavy atom. The van der Waals surface area contributed by atoms with Crippen LogP contribution in [0.15, 0.2) is 0 Å². The van der Waals surface area contributed by atoms with Gasteiger partial charge in [0.05, 0.1) is 165 Å². The minimum Gasteiger partial charge on any atom is -0.381 e. The molecule has 0 radical (unpaired) electrons. The van der Waals surface area contributed by atoms with Gasteiger partial charge in [0.25, 0.3) is 35.4 Å². The number of carbonyl (C=O) groups is 12. The van der Waals surface area contributed by atoms with Crippen LogP contribution in [0.3, 0.4) is 0 Å². The zero-order valence-corrected chi connectivity index (χ0v) is 48.4. The van der Waals surface area contributed by atoms with E-state index in [-0.39, 0.29) is 226 Å². The van der Waals surface area contributed by atoms with Crippen LogP contribution in [0.25, 0.3) is 0 Å². The molecule has 31 heteroatoms. The Labute approximate surface area is 492 Å². The molecule has 0 atom stereocenters. The van der Waals surface area contributed by atoms with Crippen molar-refractivity contribution in [2.45, 2.75) is 103 Å². The van der Waals surface area contributed by atoms with Gasteiger partial charge < -0.3 is 76.7 Å². The van der Waals surface area contributed by atoms with Crippen LogP contribution in [0, 0.1) is 5.92 Å². The number of hydroxylamine groups is 6. The third kappa shape index (κ3) is 36.7. The summed E-state index contributed by atoms with van der Waals surface area (Å²) >= 11 is 0. The number of nitrogens with one attached hydrogen (secondary N) is 1. The summed E-state index contributed by atoms with van der Waals surface area (Å²) < 4.78 is 66.2. The van der Waals surface area contributed by atoms with Crippen LogP contribution >= 0.6 is 0 Å². The van der Waals surface area contributed by atoms with Crippen molar-refractivity contribution in [1.29, 1.82) is 0 Å². The van der Waals surface area contributed by atoms with Gasteiger partial charge in [-0.1, -0.05) is 0 Å². The van der Waals surface area contributed by atoms with Crippen molar-refractivity contribution in [2.75, 3.05) is 165 Å². The summed E-state index contributed by atoms with van der Waals surface area (Å²) in [5.41, 5.74) is 0. The summed E-state index contributed by atoms with van der Waals surface area (Å²) in [7, 11) is 0. The Hall–Kier alpha value is -5.84. The predicted octanol–water partition coefficient (Wildman–Crippen LogP) is -0.221. The smallest absolute Gasteiger partial charge is 0.335 e. The molecular weight excluding hydrogens is 1140 g/mol. The van der Waals surface area contributed by atoms with Crippen molar-refractivity contribution in [2.24, 2.45) is 5.92 Å². The average molecular weight is 1220 g/mol.